The number of ether oxygens (including phenoxy) is 1. The van der Waals surface area contributed by atoms with Crippen molar-refractivity contribution in [3.8, 4) is 0 Å². The van der Waals surface area contributed by atoms with Crippen LogP contribution in [-0.2, 0) is 27.2 Å². The Morgan fingerprint density at radius 2 is 2.07 bits per heavy atom. The van der Waals surface area contributed by atoms with Crippen molar-refractivity contribution < 1.29 is 18.7 Å². The zero-order chi connectivity index (χ0) is 20.7. The Kier molecular flexibility index (Phi) is 6.96. The third-order valence-corrected chi connectivity index (χ3v) is 5.48. The molecule has 0 bridgehead atoms. The largest absolute Gasteiger partial charge is 0.466 e. The average molecular weight is 398 g/mol. The van der Waals surface area contributed by atoms with Gasteiger partial charge in [-0.25, -0.2) is 4.39 Å². The Bertz CT molecular complexity index is 843. The number of aromatic nitrogens is 1. The molecule has 5 nitrogen and oxygen atoms in total. The van der Waals surface area contributed by atoms with E-state index < -0.39 is 5.41 Å². The highest BCUT2D eigenvalue weighted by Gasteiger charge is 2.45. The fourth-order valence-electron chi connectivity index (χ4n) is 3.97. The number of amides is 1. The molecule has 0 aliphatic carbocycles. The zero-order valence-electron chi connectivity index (χ0n) is 16.8. The van der Waals surface area contributed by atoms with Gasteiger partial charge in [-0.05, 0) is 55.9 Å². The number of piperidine rings is 1. The Morgan fingerprint density at radius 3 is 2.79 bits per heavy atom. The number of esters is 1. The van der Waals surface area contributed by atoms with Crippen LogP contribution in [0.15, 0.2) is 48.8 Å². The minimum absolute atomic E-state index is 0.00393. The first-order valence-corrected chi connectivity index (χ1v) is 10.1. The van der Waals surface area contributed by atoms with E-state index in [1.807, 2.05) is 12.1 Å². The number of carbonyl (C=O) groups excluding carboxylic acids is 2. The standard InChI is InChI=1S/C23H27FN2O3/c1-2-29-22(28)23(15-19-8-3-4-9-20(19)24)12-6-14-26(17-23)21(27)11-10-18-7-5-13-25-16-18/h3-5,7-9,13,16H,2,6,10-12,14-15,17H2,1H3/t23-/m1/s1. The summed E-state index contributed by atoms with van der Waals surface area (Å²) in [5, 5.41) is 0. The number of rotatable bonds is 7. The highest BCUT2D eigenvalue weighted by Crippen LogP contribution is 2.36. The fourth-order valence-corrected chi connectivity index (χ4v) is 3.97. The van der Waals surface area contributed by atoms with Crippen LogP contribution in [0.5, 0.6) is 0 Å². The summed E-state index contributed by atoms with van der Waals surface area (Å²) < 4.78 is 19.6. The van der Waals surface area contributed by atoms with E-state index in [1.165, 1.54) is 6.07 Å². The predicted octanol–water partition coefficient (Wildman–Crippen LogP) is 3.57. The number of pyridine rings is 1. The summed E-state index contributed by atoms with van der Waals surface area (Å²) in [5.74, 6) is -0.694. The zero-order valence-corrected chi connectivity index (χ0v) is 16.8. The number of benzene rings is 1. The lowest BCUT2D eigenvalue weighted by molar-refractivity contribution is -0.160. The van der Waals surface area contributed by atoms with Gasteiger partial charge in [0.25, 0.3) is 0 Å². The molecule has 154 valence electrons. The van der Waals surface area contributed by atoms with Gasteiger partial charge in [-0.3, -0.25) is 14.6 Å². The second kappa shape index (κ2) is 9.63. The molecule has 3 rings (SSSR count). The smallest absolute Gasteiger partial charge is 0.314 e. The third-order valence-electron chi connectivity index (χ3n) is 5.48. The molecule has 6 heteroatoms. The van der Waals surface area contributed by atoms with E-state index in [2.05, 4.69) is 4.98 Å². The molecule has 1 atom stereocenters. The van der Waals surface area contributed by atoms with E-state index in [4.69, 9.17) is 4.74 Å². The van der Waals surface area contributed by atoms with Gasteiger partial charge in [0.2, 0.25) is 5.91 Å². The molecule has 2 aromatic rings. The number of hydrogen-bond donors (Lipinski definition) is 0. The number of halogens is 1. The summed E-state index contributed by atoms with van der Waals surface area (Å²) in [6, 6.07) is 10.3. The molecule has 0 N–H and O–H groups in total. The maximum atomic E-state index is 14.3. The van der Waals surface area contributed by atoms with Gasteiger partial charge in [0.15, 0.2) is 0 Å². The summed E-state index contributed by atoms with van der Waals surface area (Å²) in [4.78, 5) is 31.5. The van der Waals surface area contributed by atoms with E-state index in [-0.39, 0.29) is 37.3 Å². The van der Waals surface area contributed by atoms with Crippen molar-refractivity contribution >= 4 is 11.9 Å². The number of nitrogens with zero attached hydrogens (tertiary/aromatic N) is 2. The minimum atomic E-state index is -0.916. The van der Waals surface area contributed by atoms with Crippen LogP contribution in [0.1, 0.15) is 37.3 Å². The molecule has 0 radical (unpaired) electrons. The second-order valence-corrected chi connectivity index (χ2v) is 7.55. The molecule has 1 saturated heterocycles. The van der Waals surface area contributed by atoms with Gasteiger partial charge in [0, 0.05) is 31.9 Å². The highest BCUT2D eigenvalue weighted by atomic mass is 19.1. The van der Waals surface area contributed by atoms with Gasteiger partial charge < -0.3 is 9.64 Å². The quantitative estimate of drug-likeness (QED) is 0.669. The number of carbonyl (C=O) groups is 2. The van der Waals surface area contributed by atoms with Gasteiger partial charge in [0.1, 0.15) is 5.82 Å². The summed E-state index contributed by atoms with van der Waals surface area (Å²) in [6.07, 6.45) is 5.90. The molecule has 29 heavy (non-hydrogen) atoms. The first-order valence-electron chi connectivity index (χ1n) is 10.1. The van der Waals surface area contributed by atoms with E-state index in [1.54, 1.807) is 42.4 Å². The Balaban J connectivity index is 1.75. The van der Waals surface area contributed by atoms with E-state index in [9.17, 15) is 14.0 Å². The van der Waals surface area contributed by atoms with Crippen LogP contribution in [0.4, 0.5) is 4.39 Å². The topological polar surface area (TPSA) is 59.5 Å². The average Bonchev–Trinajstić information content (AvgIpc) is 2.75. The van der Waals surface area contributed by atoms with Crippen molar-refractivity contribution in [1.29, 1.82) is 0 Å². The van der Waals surface area contributed by atoms with Crippen molar-refractivity contribution in [2.24, 2.45) is 5.41 Å². The molecular formula is C23H27FN2O3. The first-order chi connectivity index (χ1) is 14.0. The maximum Gasteiger partial charge on any atom is 0.314 e. The van der Waals surface area contributed by atoms with Crippen LogP contribution in [0.25, 0.3) is 0 Å². The van der Waals surface area contributed by atoms with Crippen molar-refractivity contribution in [1.82, 2.24) is 9.88 Å². The van der Waals surface area contributed by atoms with E-state index in [0.29, 0.717) is 37.8 Å². The summed E-state index contributed by atoms with van der Waals surface area (Å²) in [5.41, 5.74) is 0.562. The Labute approximate surface area is 170 Å². The fraction of sp³-hybridized carbons (Fsp3) is 0.435. The lowest BCUT2D eigenvalue weighted by Gasteiger charge is -2.41. The molecule has 0 spiro atoms. The molecule has 2 heterocycles. The summed E-state index contributed by atoms with van der Waals surface area (Å²) in [6.45, 7) is 2.87. The van der Waals surface area contributed by atoms with Crippen LogP contribution in [-0.4, -0.2) is 41.5 Å². The predicted molar refractivity (Wildman–Crippen MR) is 108 cm³/mol. The third kappa shape index (κ3) is 5.19. The van der Waals surface area contributed by atoms with Crippen molar-refractivity contribution in [3.05, 3.63) is 65.7 Å². The van der Waals surface area contributed by atoms with Crippen molar-refractivity contribution in [2.45, 2.75) is 39.0 Å². The van der Waals surface area contributed by atoms with Crippen molar-refractivity contribution in [3.63, 3.8) is 0 Å². The van der Waals surface area contributed by atoms with E-state index >= 15 is 0 Å². The first kappa shape index (κ1) is 21.0. The monoisotopic (exact) mass is 398 g/mol. The molecule has 1 amide bonds. The molecule has 0 saturated carbocycles. The van der Waals surface area contributed by atoms with Gasteiger partial charge in [0.05, 0.1) is 12.0 Å². The second-order valence-electron chi connectivity index (χ2n) is 7.55. The number of hydrogen-bond acceptors (Lipinski definition) is 4. The van der Waals surface area contributed by atoms with E-state index in [0.717, 1.165) is 5.56 Å². The minimum Gasteiger partial charge on any atom is -0.466 e. The summed E-state index contributed by atoms with van der Waals surface area (Å²) >= 11 is 0. The van der Waals surface area contributed by atoms with Crippen LogP contribution in [0.2, 0.25) is 0 Å². The SMILES string of the molecule is CCOC(=O)[C@@]1(Cc2ccccc2F)CCCN(C(=O)CCc2cccnc2)C1. The lowest BCUT2D eigenvalue weighted by atomic mass is 9.74. The molecule has 1 aromatic heterocycles. The van der Waals surface area contributed by atoms with Crippen LogP contribution < -0.4 is 0 Å². The van der Waals surface area contributed by atoms with Gasteiger partial charge >= 0.3 is 5.97 Å². The number of aryl methyl sites for hydroxylation is 1. The van der Waals surface area contributed by atoms with Crippen molar-refractivity contribution in [2.75, 3.05) is 19.7 Å². The Hall–Kier alpha value is -2.76. The van der Waals surface area contributed by atoms with Crippen LogP contribution in [0.3, 0.4) is 0 Å². The normalized spacial score (nSPS) is 19.0. The molecule has 1 aliphatic rings. The molecule has 1 fully saturated rings. The molecule has 0 unspecified atom stereocenters. The summed E-state index contributed by atoms with van der Waals surface area (Å²) in [7, 11) is 0. The Morgan fingerprint density at radius 1 is 1.24 bits per heavy atom. The van der Waals surface area contributed by atoms with Crippen LogP contribution in [0, 0.1) is 11.2 Å². The van der Waals surface area contributed by atoms with Gasteiger partial charge in [-0.2, -0.15) is 0 Å². The number of likely N-dealkylation sites (tertiary alicyclic amines) is 1. The molecule has 1 aromatic carbocycles. The highest BCUT2D eigenvalue weighted by molar-refractivity contribution is 5.81. The van der Waals surface area contributed by atoms with Crippen LogP contribution >= 0.6 is 0 Å². The molecular weight excluding hydrogens is 371 g/mol. The van der Waals surface area contributed by atoms with Gasteiger partial charge in [-0.15, -0.1) is 0 Å². The van der Waals surface area contributed by atoms with Gasteiger partial charge in [-0.1, -0.05) is 24.3 Å². The lowest BCUT2D eigenvalue weighted by Crippen LogP contribution is -2.51. The molecule has 1 aliphatic heterocycles. The maximum absolute atomic E-state index is 14.3.